The first-order chi connectivity index (χ1) is 7.85. The van der Waals surface area contributed by atoms with Gasteiger partial charge in [-0.1, -0.05) is 6.92 Å². The van der Waals surface area contributed by atoms with Crippen LogP contribution in [0.2, 0.25) is 0 Å². The number of likely N-dealkylation sites (N-methyl/N-ethyl adjacent to an activating group) is 2. The quantitative estimate of drug-likeness (QED) is 0.613. The molecule has 2 unspecified atom stereocenters. The lowest BCUT2D eigenvalue weighted by Crippen LogP contribution is -2.50. The second-order valence-electron chi connectivity index (χ2n) is 4.51. The van der Waals surface area contributed by atoms with Gasteiger partial charge in [0.15, 0.2) is 9.84 Å². The Bertz CT molecular complexity index is 369. The van der Waals surface area contributed by atoms with Gasteiger partial charge in [-0.05, 0) is 20.0 Å². The molecule has 100 valence electrons. The summed E-state index contributed by atoms with van der Waals surface area (Å²) in [5, 5.41) is 2.99. The number of carbonyl (C=O) groups excluding carboxylic acids is 1. The van der Waals surface area contributed by atoms with Gasteiger partial charge in [0.2, 0.25) is 5.91 Å². The Morgan fingerprint density at radius 1 is 1.59 bits per heavy atom. The summed E-state index contributed by atoms with van der Waals surface area (Å²) in [4.78, 5) is 13.1. The van der Waals surface area contributed by atoms with Crippen molar-refractivity contribution in [1.82, 2.24) is 10.2 Å². The SMILES string of the molecule is CCNC(CN(C)C1CCS(=O)(=O)C1)C(N)=O. The van der Waals surface area contributed by atoms with E-state index in [1.807, 2.05) is 18.9 Å². The van der Waals surface area contributed by atoms with Crippen molar-refractivity contribution < 1.29 is 13.2 Å². The second kappa shape index (κ2) is 5.79. The third-order valence-electron chi connectivity index (χ3n) is 3.10. The van der Waals surface area contributed by atoms with Crippen LogP contribution in [0, 0.1) is 0 Å². The fourth-order valence-corrected chi connectivity index (χ4v) is 3.87. The Morgan fingerprint density at radius 3 is 2.65 bits per heavy atom. The zero-order valence-corrected chi connectivity index (χ0v) is 11.2. The molecule has 0 aromatic rings. The van der Waals surface area contributed by atoms with E-state index in [2.05, 4.69) is 5.32 Å². The highest BCUT2D eigenvalue weighted by Crippen LogP contribution is 2.16. The molecule has 1 fully saturated rings. The normalized spacial score (nSPS) is 25.0. The molecule has 0 aliphatic carbocycles. The first-order valence-electron chi connectivity index (χ1n) is 5.79. The molecule has 6 nitrogen and oxygen atoms in total. The molecule has 0 bridgehead atoms. The Morgan fingerprint density at radius 2 is 2.24 bits per heavy atom. The first-order valence-corrected chi connectivity index (χ1v) is 7.61. The summed E-state index contributed by atoms with van der Waals surface area (Å²) >= 11 is 0. The van der Waals surface area contributed by atoms with Crippen molar-refractivity contribution in [3.8, 4) is 0 Å². The fourth-order valence-electron chi connectivity index (χ4n) is 2.06. The van der Waals surface area contributed by atoms with Crippen LogP contribution in [0.3, 0.4) is 0 Å². The van der Waals surface area contributed by atoms with E-state index < -0.39 is 21.8 Å². The van der Waals surface area contributed by atoms with Crippen molar-refractivity contribution >= 4 is 15.7 Å². The smallest absolute Gasteiger partial charge is 0.235 e. The number of nitrogens with two attached hydrogens (primary N) is 1. The van der Waals surface area contributed by atoms with Crippen molar-refractivity contribution in [2.75, 3.05) is 31.6 Å². The molecule has 1 aliphatic heterocycles. The molecule has 17 heavy (non-hydrogen) atoms. The third kappa shape index (κ3) is 4.25. The topological polar surface area (TPSA) is 92.5 Å². The minimum absolute atomic E-state index is 0.000469. The number of primary amides is 1. The molecule has 1 aliphatic rings. The maximum atomic E-state index is 11.4. The van der Waals surface area contributed by atoms with E-state index in [9.17, 15) is 13.2 Å². The van der Waals surface area contributed by atoms with Crippen LogP contribution in [-0.2, 0) is 14.6 Å². The molecule has 7 heteroatoms. The fraction of sp³-hybridized carbons (Fsp3) is 0.900. The highest BCUT2D eigenvalue weighted by Gasteiger charge is 2.31. The number of nitrogens with zero attached hydrogens (tertiary/aromatic N) is 1. The number of hydrogen-bond acceptors (Lipinski definition) is 5. The zero-order chi connectivity index (χ0) is 13.1. The molecule has 0 radical (unpaired) electrons. The monoisotopic (exact) mass is 263 g/mol. The van der Waals surface area contributed by atoms with E-state index in [0.29, 0.717) is 19.5 Å². The van der Waals surface area contributed by atoms with Crippen molar-refractivity contribution in [1.29, 1.82) is 0 Å². The van der Waals surface area contributed by atoms with E-state index in [1.54, 1.807) is 0 Å². The highest BCUT2D eigenvalue weighted by atomic mass is 32.2. The van der Waals surface area contributed by atoms with E-state index in [4.69, 9.17) is 5.73 Å². The Hall–Kier alpha value is -0.660. The average molecular weight is 263 g/mol. The molecule has 3 N–H and O–H groups in total. The molecule has 1 saturated heterocycles. The van der Waals surface area contributed by atoms with Crippen LogP contribution in [0.4, 0.5) is 0 Å². The van der Waals surface area contributed by atoms with Gasteiger partial charge in [0.05, 0.1) is 17.5 Å². The van der Waals surface area contributed by atoms with E-state index in [1.165, 1.54) is 0 Å². The van der Waals surface area contributed by atoms with Crippen LogP contribution in [-0.4, -0.2) is 63.0 Å². The van der Waals surface area contributed by atoms with Gasteiger partial charge in [0, 0.05) is 12.6 Å². The maximum Gasteiger partial charge on any atom is 0.235 e. The van der Waals surface area contributed by atoms with E-state index in [-0.39, 0.29) is 17.5 Å². The van der Waals surface area contributed by atoms with Crippen LogP contribution >= 0.6 is 0 Å². The second-order valence-corrected chi connectivity index (χ2v) is 6.74. The van der Waals surface area contributed by atoms with Gasteiger partial charge < -0.3 is 16.0 Å². The Kier molecular flexibility index (Phi) is 4.91. The van der Waals surface area contributed by atoms with Crippen LogP contribution in [0.1, 0.15) is 13.3 Å². The van der Waals surface area contributed by atoms with Crippen molar-refractivity contribution in [3.63, 3.8) is 0 Å². The van der Waals surface area contributed by atoms with Gasteiger partial charge in [0.1, 0.15) is 0 Å². The highest BCUT2D eigenvalue weighted by molar-refractivity contribution is 7.91. The number of nitrogens with one attached hydrogen (secondary N) is 1. The molecule has 0 aromatic carbocycles. The molecule has 0 saturated carbocycles. The third-order valence-corrected chi connectivity index (χ3v) is 4.85. The van der Waals surface area contributed by atoms with Crippen molar-refractivity contribution in [3.05, 3.63) is 0 Å². The molecule has 1 rings (SSSR count). The van der Waals surface area contributed by atoms with Gasteiger partial charge in [-0.2, -0.15) is 0 Å². The zero-order valence-electron chi connectivity index (χ0n) is 10.3. The lowest BCUT2D eigenvalue weighted by Gasteiger charge is -2.27. The van der Waals surface area contributed by atoms with Crippen molar-refractivity contribution in [2.24, 2.45) is 5.73 Å². The number of rotatable bonds is 6. The molecule has 2 atom stereocenters. The van der Waals surface area contributed by atoms with Crippen LogP contribution in [0.25, 0.3) is 0 Å². The Labute approximate surface area is 102 Å². The summed E-state index contributed by atoms with van der Waals surface area (Å²) < 4.78 is 22.7. The molecule has 0 spiro atoms. The number of hydrogen-bond donors (Lipinski definition) is 2. The summed E-state index contributed by atoms with van der Waals surface area (Å²) in [5.41, 5.74) is 5.28. The molecule has 1 amide bonds. The summed E-state index contributed by atoms with van der Waals surface area (Å²) in [7, 11) is -1.05. The van der Waals surface area contributed by atoms with Gasteiger partial charge in [0.25, 0.3) is 0 Å². The van der Waals surface area contributed by atoms with E-state index in [0.717, 1.165) is 0 Å². The van der Waals surface area contributed by atoms with Gasteiger partial charge in [-0.25, -0.2) is 8.42 Å². The molecule has 1 heterocycles. The summed E-state index contributed by atoms with van der Waals surface area (Å²) in [5.74, 6) is 0.0190. The minimum Gasteiger partial charge on any atom is -0.368 e. The first kappa shape index (κ1) is 14.4. The van der Waals surface area contributed by atoms with Crippen molar-refractivity contribution in [2.45, 2.75) is 25.4 Å². The maximum absolute atomic E-state index is 11.4. The van der Waals surface area contributed by atoms with Gasteiger partial charge in [-0.3, -0.25) is 4.79 Å². The largest absolute Gasteiger partial charge is 0.368 e. The predicted octanol–water partition coefficient (Wildman–Crippen LogP) is -1.43. The summed E-state index contributed by atoms with van der Waals surface area (Å²) in [6.07, 6.45) is 0.635. The van der Waals surface area contributed by atoms with Crippen LogP contribution in [0.15, 0.2) is 0 Å². The minimum atomic E-state index is -2.89. The lowest BCUT2D eigenvalue weighted by atomic mass is 10.2. The summed E-state index contributed by atoms with van der Waals surface area (Å²) in [6.45, 7) is 3.00. The number of sulfone groups is 1. The summed E-state index contributed by atoms with van der Waals surface area (Å²) in [6, 6.07) is -0.422. The molecule has 0 aromatic heterocycles. The predicted molar refractivity (Wildman–Crippen MR) is 66.3 cm³/mol. The van der Waals surface area contributed by atoms with Gasteiger partial charge >= 0.3 is 0 Å². The van der Waals surface area contributed by atoms with Crippen LogP contribution < -0.4 is 11.1 Å². The average Bonchev–Trinajstić information content (AvgIpc) is 2.58. The Balaban J connectivity index is 2.53. The molecular weight excluding hydrogens is 242 g/mol. The number of amides is 1. The van der Waals surface area contributed by atoms with Gasteiger partial charge in [-0.15, -0.1) is 0 Å². The number of carbonyl (C=O) groups is 1. The van der Waals surface area contributed by atoms with E-state index >= 15 is 0 Å². The lowest BCUT2D eigenvalue weighted by molar-refractivity contribution is -0.120. The van der Waals surface area contributed by atoms with Crippen LogP contribution in [0.5, 0.6) is 0 Å². The molecular formula is C10H21N3O3S. The standard InChI is InChI=1S/C10H21N3O3S/c1-3-12-9(10(11)14)6-13(2)8-4-5-17(15,16)7-8/h8-9,12H,3-7H2,1-2H3,(H2,11,14).